The lowest BCUT2D eigenvalue weighted by atomic mass is 10.2. The van der Waals surface area contributed by atoms with Gasteiger partial charge in [-0.1, -0.05) is 22.0 Å². The lowest BCUT2D eigenvalue weighted by Gasteiger charge is -2.12. The van der Waals surface area contributed by atoms with Gasteiger partial charge in [-0.2, -0.15) is 8.78 Å². The lowest BCUT2D eigenvalue weighted by Crippen LogP contribution is -2.07. The Kier molecular flexibility index (Phi) is 4.65. The maximum absolute atomic E-state index is 12.3. The Hall–Kier alpha value is -1.28. The predicted octanol–water partition coefficient (Wildman–Crippen LogP) is 3.52. The summed E-state index contributed by atoms with van der Waals surface area (Å²) in [5.41, 5.74) is 0.483. The fourth-order valence-corrected chi connectivity index (χ4v) is 2.02. The van der Waals surface area contributed by atoms with Crippen molar-refractivity contribution in [1.29, 1.82) is 0 Å². The first-order valence-electron chi connectivity index (χ1n) is 5.16. The van der Waals surface area contributed by atoms with E-state index in [0.717, 1.165) is 0 Å². The van der Waals surface area contributed by atoms with Crippen molar-refractivity contribution in [2.45, 2.75) is 13.2 Å². The van der Waals surface area contributed by atoms with Gasteiger partial charge in [0.25, 0.3) is 0 Å². The van der Waals surface area contributed by atoms with Crippen LogP contribution in [0.15, 0.2) is 34.9 Å². The van der Waals surface area contributed by atoms with Crippen molar-refractivity contribution >= 4 is 28.7 Å². The molecule has 0 aliphatic rings. The van der Waals surface area contributed by atoms with E-state index in [9.17, 15) is 8.78 Å². The number of benzene rings is 1. The normalized spacial score (nSPS) is 10.8. The molecule has 0 fully saturated rings. The number of ether oxygens (including phenoxy) is 2. The van der Waals surface area contributed by atoms with Crippen LogP contribution in [0.25, 0.3) is 0 Å². The van der Waals surface area contributed by atoms with Crippen LogP contribution in [-0.2, 0) is 6.61 Å². The highest BCUT2D eigenvalue weighted by Crippen LogP contribution is 2.29. The second-order valence-corrected chi connectivity index (χ2v) is 4.72. The summed E-state index contributed by atoms with van der Waals surface area (Å²) < 4.78 is 36.3. The molecule has 1 heterocycles. The number of hydrogen-bond donors (Lipinski definition) is 1. The second kappa shape index (κ2) is 6.25. The van der Waals surface area contributed by atoms with E-state index in [4.69, 9.17) is 4.74 Å². The molecule has 2 rings (SSSR count). The molecule has 0 aliphatic heterocycles. The van der Waals surface area contributed by atoms with E-state index in [0.29, 0.717) is 15.9 Å². The SMILES string of the molecule is FC(F)Oc1cccc(Br)c1COc1ccn(S)n1. The molecule has 1 aromatic carbocycles. The van der Waals surface area contributed by atoms with E-state index in [1.165, 1.54) is 10.2 Å². The molecular weight excluding hydrogens is 342 g/mol. The molecule has 0 bridgehead atoms. The molecule has 0 saturated carbocycles. The first kappa shape index (κ1) is 14.1. The Morgan fingerprint density at radius 3 is 2.79 bits per heavy atom. The quantitative estimate of drug-likeness (QED) is 0.838. The van der Waals surface area contributed by atoms with Gasteiger partial charge in [0.05, 0.1) is 0 Å². The summed E-state index contributed by atoms with van der Waals surface area (Å²) >= 11 is 7.23. The molecule has 8 heteroatoms. The van der Waals surface area contributed by atoms with Crippen LogP contribution in [-0.4, -0.2) is 15.8 Å². The molecule has 0 saturated heterocycles. The third-order valence-electron chi connectivity index (χ3n) is 2.21. The van der Waals surface area contributed by atoms with Crippen molar-refractivity contribution in [2.75, 3.05) is 0 Å². The van der Waals surface area contributed by atoms with Crippen LogP contribution < -0.4 is 9.47 Å². The number of thiol groups is 1. The van der Waals surface area contributed by atoms with Gasteiger partial charge in [0.15, 0.2) is 0 Å². The molecule has 0 aliphatic carbocycles. The number of nitrogens with zero attached hydrogens (tertiary/aromatic N) is 2. The van der Waals surface area contributed by atoms with Gasteiger partial charge >= 0.3 is 6.61 Å². The number of aromatic nitrogens is 2. The van der Waals surface area contributed by atoms with E-state index in [2.05, 4.69) is 38.6 Å². The predicted molar refractivity (Wildman–Crippen MR) is 71.7 cm³/mol. The highest BCUT2D eigenvalue weighted by atomic mass is 79.9. The summed E-state index contributed by atoms with van der Waals surface area (Å²) in [4.78, 5) is 0. The van der Waals surface area contributed by atoms with Crippen molar-refractivity contribution in [3.63, 3.8) is 0 Å². The van der Waals surface area contributed by atoms with E-state index >= 15 is 0 Å². The van der Waals surface area contributed by atoms with Crippen molar-refractivity contribution in [2.24, 2.45) is 0 Å². The monoisotopic (exact) mass is 350 g/mol. The third-order valence-corrected chi connectivity index (χ3v) is 3.17. The van der Waals surface area contributed by atoms with Gasteiger partial charge in [0.1, 0.15) is 12.4 Å². The summed E-state index contributed by atoms with van der Waals surface area (Å²) in [5.74, 6) is 0.406. The second-order valence-electron chi connectivity index (χ2n) is 3.46. The zero-order valence-corrected chi connectivity index (χ0v) is 11.9. The number of hydrogen-bond acceptors (Lipinski definition) is 4. The molecule has 102 valence electrons. The molecule has 4 nitrogen and oxygen atoms in total. The summed E-state index contributed by atoms with van der Waals surface area (Å²) in [5, 5.41) is 3.90. The number of rotatable bonds is 5. The van der Waals surface area contributed by atoms with Gasteiger partial charge < -0.3 is 9.47 Å². The average molecular weight is 351 g/mol. The Morgan fingerprint density at radius 1 is 1.37 bits per heavy atom. The minimum Gasteiger partial charge on any atom is -0.472 e. The molecule has 19 heavy (non-hydrogen) atoms. The third kappa shape index (κ3) is 3.84. The Bertz CT molecular complexity index is 565. The highest BCUT2D eigenvalue weighted by Gasteiger charge is 2.13. The van der Waals surface area contributed by atoms with Crippen molar-refractivity contribution in [3.05, 3.63) is 40.5 Å². The molecule has 0 atom stereocenters. The van der Waals surface area contributed by atoms with Crippen LogP contribution in [0, 0.1) is 0 Å². The van der Waals surface area contributed by atoms with Gasteiger partial charge in [-0.3, -0.25) is 0 Å². The summed E-state index contributed by atoms with van der Waals surface area (Å²) in [6, 6.07) is 6.38. The molecule has 0 spiro atoms. The first-order chi connectivity index (χ1) is 9.06. The molecule has 1 aromatic heterocycles. The molecule has 0 radical (unpaired) electrons. The zero-order valence-electron chi connectivity index (χ0n) is 9.46. The van der Waals surface area contributed by atoms with E-state index < -0.39 is 6.61 Å². The van der Waals surface area contributed by atoms with Crippen LogP contribution in [0.4, 0.5) is 8.78 Å². The molecule has 0 amide bonds. The first-order valence-corrected chi connectivity index (χ1v) is 6.35. The van der Waals surface area contributed by atoms with Crippen LogP contribution in [0.5, 0.6) is 11.6 Å². The summed E-state index contributed by atoms with van der Waals surface area (Å²) in [6.45, 7) is -2.83. The Labute approximate surface area is 122 Å². The summed E-state index contributed by atoms with van der Waals surface area (Å²) in [6.07, 6.45) is 1.59. The maximum atomic E-state index is 12.3. The van der Waals surface area contributed by atoms with Crippen LogP contribution in [0.2, 0.25) is 0 Å². The standard InChI is InChI=1S/C11H9BrF2N2O2S/c12-8-2-1-3-9(18-11(13)14)7(8)6-17-10-4-5-16(19)15-10/h1-5,11,19H,6H2. The lowest BCUT2D eigenvalue weighted by molar-refractivity contribution is -0.0509. The van der Waals surface area contributed by atoms with Crippen molar-refractivity contribution in [1.82, 2.24) is 9.19 Å². The molecule has 2 aromatic rings. The van der Waals surface area contributed by atoms with Crippen molar-refractivity contribution < 1.29 is 18.3 Å². The van der Waals surface area contributed by atoms with E-state index in [-0.39, 0.29) is 12.4 Å². The maximum Gasteiger partial charge on any atom is 0.387 e. The largest absolute Gasteiger partial charge is 0.472 e. The fourth-order valence-electron chi connectivity index (χ4n) is 1.41. The molecule has 0 N–H and O–H groups in total. The molecule has 0 unspecified atom stereocenters. The van der Waals surface area contributed by atoms with E-state index in [1.54, 1.807) is 24.4 Å². The zero-order chi connectivity index (χ0) is 13.8. The Balaban J connectivity index is 2.14. The highest BCUT2D eigenvalue weighted by molar-refractivity contribution is 9.10. The van der Waals surface area contributed by atoms with Crippen LogP contribution in [0.3, 0.4) is 0 Å². The number of alkyl halides is 2. The minimum atomic E-state index is -2.88. The molecular formula is C11H9BrF2N2O2S. The van der Waals surface area contributed by atoms with E-state index in [1.807, 2.05) is 0 Å². The Morgan fingerprint density at radius 2 is 2.16 bits per heavy atom. The van der Waals surface area contributed by atoms with Gasteiger partial charge in [-0.05, 0) is 24.9 Å². The van der Waals surface area contributed by atoms with Gasteiger partial charge in [0, 0.05) is 22.3 Å². The van der Waals surface area contributed by atoms with Gasteiger partial charge in [-0.15, -0.1) is 5.10 Å². The summed E-state index contributed by atoms with van der Waals surface area (Å²) in [7, 11) is 0. The minimum absolute atomic E-state index is 0.0499. The average Bonchev–Trinajstić information content (AvgIpc) is 2.73. The van der Waals surface area contributed by atoms with Gasteiger partial charge in [-0.25, -0.2) is 4.09 Å². The van der Waals surface area contributed by atoms with Crippen LogP contribution in [0.1, 0.15) is 5.56 Å². The smallest absolute Gasteiger partial charge is 0.387 e. The van der Waals surface area contributed by atoms with Gasteiger partial charge in [0.2, 0.25) is 5.88 Å². The topological polar surface area (TPSA) is 36.3 Å². The van der Waals surface area contributed by atoms with Crippen molar-refractivity contribution in [3.8, 4) is 11.6 Å². The number of halogens is 3. The fraction of sp³-hybridized carbons (Fsp3) is 0.182. The van der Waals surface area contributed by atoms with Crippen LogP contribution >= 0.6 is 28.7 Å².